The van der Waals surface area contributed by atoms with Gasteiger partial charge in [-0.05, 0) is 30.9 Å². The van der Waals surface area contributed by atoms with E-state index < -0.39 is 0 Å². The number of nitrogens with zero attached hydrogens (tertiary/aromatic N) is 3. The summed E-state index contributed by atoms with van der Waals surface area (Å²) in [6.07, 6.45) is 4.91. The fourth-order valence-electron chi connectivity index (χ4n) is 1.88. The van der Waals surface area contributed by atoms with Gasteiger partial charge in [0.25, 0.3) is 5.89 Å². The van der Waals surface area contributed by atoms with Gasteiger partial charge in [-0.25, -0.2) is 4.98 Å². The van der Waals surface area contributed by atoms with E-state index in [1.54, 1.807) is 6.20 Å². The van der Waals surface area contributed by atoms with Crippen LogP contribution in [0.25, 0.3) is 11.5 Å². The van der Waals surface area contributed by atoms with Gasteiger partial charge in [0.2, 0.25) is 5.91 Å². The molecule has 22 heavy (non-hydrogen) atoms. The lowest BCUT2D eigenvalue weighted by atomic mass is 10.3. The lowest BCUT2D eigenvalue weighted by Crippen LogP contribution is -2.27. The number of aryl methyl sites for hydroxylation is 1. The minimum Gasteiger partial charge on any atom is -0.355 e. The van der Waals surface area contributed by atoms with Gasteiger partial charge in [0.15, 0.2) is 5.82 Å². The molecule has 1 aliphatic rings. The average Bonchev–Trinajstić information content (AvgIpc) is 3.26. The Morgan fingerprint density at radius 1 is 1.45 bits per heavy atom. The molecule has 0 bridgehead atoms. The van der Waals surface area contributed by atoms with Crippen LogP contribution in [-0.4, -0.2) is 33.3 Å². The van der Waals surface area contributed by atoms with Crippen molar-refractivity contribution in [3.8, 4) is 11.5 Å². The van der Waals surface area contributed by atoms with Crippen molar-refractivity contribution < 1.29 is 9.32 Å². The summed E-state index contributed by atoms with van der Waals surface area (Å²) in [5.74, 6) is 2.31. The van der Waals surface area contributed by atoms with Gasteiger partial charge in [-0.2, -0.15) is 4.98 Å². The zero-order valence-corrected chi connectivity index (χ0v) is 13.2. The number of carbonyl (C=O) groups excluding carboxylic acids is 1. The second kappa shape index (κ2) is 6.91. The molecule has 3 rings (SSSR count). The molecule has 0 unspecified atom stereocenters. The Morgan fingerprint density at radius 2 is 2.32 bits per heavy atom. The first-order valence-electron chi connectivity index (χ1n) is 7.43. The van der Waals surface area contributed by atoms with E-state index in [-0.39, 0.29) is 5.91 Å². The predicted molar refractivity (Wildman–Crippen MR) is 83.4 cm³/mol. The molecule has 1 amide bonds. The fraction of sp³-hybridized carbons (Fsp3) is 0.467. The highest BCUT2D eigenvalue weighted by Crippen LogP contribution is 2.27. The van der Waals surface area contributed by atoms with E-state index >= 15 is 0 Å². The minimum atomic E-state index is 0.0623. The van der Waals surface area contributed by atoms with E-state index in [1.807, 2.05) is 19.1 Å². The summed E-state index contributed by atoms with van der Waals surface area (Å²) in [7, 11) is 0. The highest BCUT2D eigenvalue weighted by molar-refractivity contribution is 7.99. The van der Waals surface area contributed by atoms with E-state index in [2.05, 4.69) is 20.4 Å². The summed E-state index contributed by atoms with van der Waals surface area (Å²) in [5.41, 5.74) is 0.787. The standard InChI is InChI=1S/C15H18N4O2S/c1-2-12-18-15(21-19-12)11-5-6-14(17-8-11)22-9-13(20)16-7-10-3-4-10/h5-6,8,10H,2-4,7,9H2,1H3,(H,16,20). The number of amides is 1. The predicted octanol–water partition coefficient (Wildman–Crippen LogP) is 2.31. The van der Waals surface area contributed by atoms with Crippen LogP contribution in [0.4, 0.5) is 0 Å². The molecular weight excluding hydrogens is 300 g/mol. The van der Waals surface area contributed by atoms with Crippen LogP contribution in [-0.2, 0) is 11.2 Å². The molecule has 0 aromatic carbocycles. The molecule has 1 fully saturated rings. The number of rotatable bonds is 7. The summed E-state index contributed by atoms with van der Waals surface area (Å²) in [6, 6.07) is 3.74. The average molecular weight is 318 g/mol. The van der Waals surface area contributed by atoms with Gasteiger partial charge in [0.1, 0.15) is 0 Å². The molecule has 0 spiro atoms. The Hall–Kier alpha value is -1.89. The third kappa shape index (κ3) is 4.07. The maximum Gasteiger partial charge on any atom is 0.259 e. The van der Waals surface area contributed by atoms with Crippen molar-refractivity contribution in [2.24, 2.45) is 5.92 Å². The Labute approximate surface area is 133 Å². The summed E-state index contributed by atoms with van der Waals surface area (Å²) < 4.78 is 5.17. The van der Waals surface area contributed by atoms with Crippen LogP contribution in [0, 0.1) is 5.92 Å². The van der Waals surface area contributed by atoms with Crippen molar-refractivity contribution in [3.63, 3.8) is 0 Å². The molecule has 2 aromatic rings. The van der Waals surface area contributed by atoms with Gasteiger partial charge < -0.3 is 9.84 Å². The highest BCUT2D eigenvalue weighted by Gasteiger charge is 2.21. The SMILES string of the molecule is CCc1noc(-c2ccc(SCC(=O)NCC3CC3)nc2)n1. The molecule has 1 aliphatic carbocycles. The maximum absolute atomic E-state index is 11.7. The fourth-order valence-corrected chi connectivity index (χ4v) is 2.55. The molecular formula is C15H18N4O2S. The highest BCUT2D eigenvalue weighted by atomic mass is 32.2. The van der Waals surface area contributed by atoms with Gasteiger partial charge in [0, 0.05) is 19.2 Å². The molecule has 1 N–H and O–H groups in total. The van der Waals surface area contributed by atoms with Crippen LogP contribution in [0.3, 0.4) is 0 Å². The number of hydrogen-bond donors (Lipinski definition) is 1. The van der Waals surface area contributed by atoms with Crippen molar-refractivity contribution >= 4 is 17.7 Å². The number of carbonyl (C=O) groups is 1. The summed E-state index contributed by atoms with van der Waals surface area (Å²) in [5, 5.41) is 7.61. The number of nitrogens with one attached hydrogen (secondary N) is 1. The first kappa shape index (κ1) is 15.0. The van der Waals surface area contributed by atoms with Crippen LogP contribution >= 0.6 is 11.8 Å². The van der Waals surface area contributed by atoms with Crippen LogP contribution < -0.4 is 5.32 Å². The van der Waals surface area contributed by atoms with Crippen molar-refractivity contribution in [3.05, 3.63) is 24.2 Å². The van der Waals surface area contributed by atoms with Crippen molar-refractivity contribution in [1.82, 2.24) is 20.4 Å². The minimum absolute atomic E-state index is 0.0623. The lowest BCUT2D eigenvalue weighted by molar-refractivity contribution is -0.118. The van der Waals surface area contributed by atoms with Gasteiger partial charge in [-0.1, -0.05) is 23.8 Å². The van der Waals surface area contributed by atoms with Gasteiger partial charge in [0.05, 0.1) is 16.3 Å². The van der Waals surface area contributed by atoms with Crippen molar-refractivity contribution in [2.45, 2.75) is 31.2 Å². The number of aromatic nitrogens is 3. The first-order chi connectivity index (χ1) is 10.7. The van der Waals surface area contributed by atoms with Crippen molar-refractivity contribution in [2.75, 3.05) is 12.3 Å². The monoisotopic (exact) mass is 318 g/mol. The molecule has 7 heteroatoms. The van der Waals surface area contributed by atoms with E-state index in [0.717, 1.165) is 23.6 Å². The normalized spacial score (nSPS) is 14.0. The molecule has 1 saturated carbocycles. The molecule has 0 saturated heterocycles. The second-order valence-electron chi connectivity index (χ2n) is 5.29. The summed E-state index contributed by atoms with van der Waals surface area (Å²) >= 11 is 1.42. The molecule has 0 atom stereocenters. The zero-order valence-electron chi connectivity index (χ0n) is 12.4. The number of pyridine rings is 1. The largest absolute Gasteiger partial charge is 0.355 e. The zero-order chi connectivity index (χ0) is 15.4. The number of hydrogen-bond acceptors (Lipinski definition) is 6. The molecule has 6 nitrogen and oxygen atoms in total. The third-order valence-electron chi connectivity index (χ3n) is 3.40. The van der Waals surface area contributed by atoms with E-state index in [0.29, 0.717) is 23.4 Å². The molecule has 0 radical (unpaired) electrons. The molecule has 2 aromatic heterocycles. The Morgan fingerprint density at radius 3 is 2.95 bits per heavy atom. The van der Waals surface area contributed by atoms with Gasteiger partial charge in [-0.15, -0.1) is 0 Å². The van der Waals surface area contributed by atoms with Gasteiger partial charge in [-0.3, -0.25) is 4.79 Å². The maximum atomic E-state index is 11.7. The van der Waals surface area contributed by atoms with E-state index in [4.69, 9.17) is 4.52 Å². The van der Waals surface area contributed by atoms with Gasteiger partial charge >= 0.3 is 0 Å². The number of thioether (sulfide) groups is 1. The third-order valence-corrected chi connectivity index (χ3v) is 4.35. The van der Waals surface area contributed by atoms with E-state index in [1.165, 1.54) is 24.6 Å². The Bertz CT molecular complexity index is 637. The molecule has 0 aliphatic heterocycles. The molecule has 2 heterocycles. The first-order valence-corrected chi connectivity index (χ1v) is 8.41. The lowest BCUT2D eigenvalue weighted by Gasteiger charge is -2.03. The Kier molecular flexibility index (Phi) is 4.72. The summed E-state index contributed by atoms with van der Waals surface area (Å²) in [4.78, 5) is 20.3. The van der Waals surface area contributed by atoms with Crippen LogP contribution in [0.5, 0.6) is 0 Å². The topological polar surface area (TPSA) is 80.9 Å². The van der Waals surface area contributed by atoms with Crippen LogP contribution in [0.15, 0.2) is 27.9 Å². The Balaban J connectivity index is 1.51. The summed E-state index contributed by atoms with van der Waals surface area (Å²) in [6.45, 7) is 2.78. The van der Waals surface area contributed by atoms with Crippen LogP contribution in [0.2, 0.25) is 0 Å². The van der Waals surface area contributed by atoms with Crippen molar-refractivity contribution in [1.29, 1.82) is 0 Å². The van der Waals surface area contributed by atoms with E-state index in [9.17, 15) is 4.79 Å². The van der Waals surface area contributed by atoms with Crippen LogP contribution in [0.1, 0.15) is 25.6 Å². The molecule has 116 valence electrons. The second-order valence-corrected chi connectivity index (χ2v) is 6.29. The quantitative estimate of drug-likeness (QED) is 0.789. The smallest absolute Gasteiger partial charge is 0.259 e.